The predicted octanol–water partition coefficient (Wildman–Crippen LogP) is 3.76. The van der Waals surface area contributed by atoms with E-state index in [2.05, 4.69) is 15.9 Å². The van der Waals surface area contributed by atoms with Crippen molar-refractivity contribution in [3.8, 4) is 0 Å². The van der Waals surface area contributed by atoms with Gasteiger partial charge in [-0.2, -0.15) is 13.2 Å². The Morgan fingerprint density at radius 3 is 2.56 bits per heavy atom. The molecular formula is C11H10BrF3O2S. The minimum Gasteiger partial charge on any atom is -0.392 e. The van der Waals surface area contributed by atoms with E-state index in [0.717, 1.165) is 0 Å². The summed E-state index contributed by atoms with van der Waals surface area (Å²) in [6, 6.07) is 3.71. The molecule has 100 valence electrons. The molecule has 0 aliphatic carbocycles. The lowest BCUT2D eigenvalue weighted by Crippen LogP contribution is -2.13. The molecule has 0 heterocycles. The fourth-order valence-electron chi connectivity index (χ4n) is 1.35. The van der Waals surface area contributed by atoms with Crippen molar-refractivity contribution in [1.82, 2.24) is 0 Å². The van der Waals surface area contributed by atoms with Crippen LogP contribution in [0.5, 0.6) is 0 Å². The number of aliphatic hydroxyl groups is 1. The number of carbonyl (C=O) groups is 1. The molecule has 1 aromatic rings. The van der Waals surface area contributed by atoms with Gasteiger partial charge in [-0.05, 0) is 42.4 Å². The monoisotopic (exact) mass is 342 g/mol. The number of alkyl halides is 4. The van der Waals surface area contributed by atoms with E-state index in [1.165, 1.54) is 18.2 Å². The van der Waals surface area contributed by atoms with E-state index in [1.807, 2.05) is 0 Å². The van der Waals surface area contributed by atoms with Crippen LogP contribution in [0.1, 0.15) is 22.8 Å². The summed E-state index contributed by atoms with van der Waals surface area (Å²) in [5, 5.41) is 9.11. The minimum absolute atomic E-state index is 0.0506. The maximum Gasteiger partial charge on any atom is 0.446 e. The molecule has 1 rings (SSSR count). The van der Waals surface area contributed by atoms with E-state index in [9.17, 15) is 18.0 Å². The van der Waals surface area contributed by atoms with Crippen LogP contribution in [0.4, 0.5) is 13.2 Å². The molecular weight excluding hydrogens is 333 g/mol. The third-order valence-corrected chi connectivity index (χ3v) is 3.24. The van der Waals surface area contributed by atoms with Gasteiger partial charge in [0.1, 0.15) is 0 Å². The van der Waals surface area contributed by atoms with Crippen LogP contribution >= 0.6 is 27.7 Å². The fraction of sp³-hybridized carbons (Fsp3) is 0.364. The van der Waals surface area contributed by atoms with Crippen molar-refractivity contribution in [3.63, 3.8) is 0 Å². The lowest BCUT2D eigenvalue weighted by Gasteiger charge is -2.11. The molecule has 1 N–H and O–H groups in total. The number of aliphatic hydroxyl groups excluding tert-OH is 1. The molecule has 0 amide bonds. The Labute approximate surface area is 115 Å². The van der Waals surface area contributed by atoms with Crippen molar-refractivity contribution in [3.05, 3.63) is 29.3 Å². The Bertz CT molecular complexity index is 446. The number of ketones is 1. The van der Waals surface area contributed by atoms with Crippen molar-refractivity contribution in [2.24, 2.45) is 0 Å². The largest absolute Gasteiger partial charge is 0.446 e. The Morgan fingerprint density at radius 1 is 1.50 bits per heavy atom. The number of hydrogen-bond donors (Lipinski definition) is 1. The third-order valence-electron chi connectivity index (χ3n) is 2.11. The Balaban J connectivity index is 3.08. The van der Waals surface area contributed by atoms with Crippen LogP contribution in [0.25, 0.3) is 0 Å². The first kappa shape index (κ1) is 15.5. The number of thioether (sulfide) groups is 1. The van der Waals surface area contributed by atoms with Crippen molar-refractivity contribution in [2.45, 2.75) is 28.8 Å². The van der Waals surface area contributed by atoms with Gasteiger partial charge in [0.15, 0.2) is 5.78 Å². The summed E-state index contributed by atoms with van der Waals surface area (Å²) >= 11 is 2.82. The second-order valence-corrected chi connectivity index (χ2v) is 6.02. The maximum absolute atomic E-state index is 12.2. The lowest BCUT2D eigenvalue weighted by molar-refractivity contribution is -0.0328. The van der Waals surface area contributed by atoms with Crippen molar-refractivity contribution in [1.29, 1.82) is 0 Å². The first-order valence-corrected chi connectivity index (χ1v) is 6.65. The van der Waals surface area contributed by atoms with Crippen LogP contribution in [-0.4, -0.2) is 21.2 Å². The molecule has 18 heavy (non-hydrogen) atoms. The normalized spacial score (nSPS) is 13.4. The molecule has 0 fully saturated rings. The highest BCUT2D eigenvalue weighted by Gasteiger charge is 2.29. The molecule has 7 heteroatoms. The third kappa shape index (κ3) is 4.29. The highest BCUT2D eigenvalue weighted by atomic mass is 79.9. The highest BCUT2D eigenvalue weighted by Crippen LogP contribution is 2.37. The summed E-state index contributed by atoms with van der Waals surface area (Å²) < 4.78 is 36.6. The van der Waals surface area contributed by atoms with Crippen LogP contribution in [0.3, 0.4) is 0 Å². The van der Waals surface area contributed by atoms with Gasteiger partial charge in [-0.25, -0.2) is 0 Å². The van der Waals surface area contributed by atoms with E-state index < -0.39 is 16.9 Å². The molecule has 0 saturated carbocycles. The minimum atomic E-state index is -4.39. The van der Waals surface area contributed by atoms with Gasteiger partial charge in [-0.15, -0.1) is 0 Å². The molecule has 1 unspecified atom stereocenters. The average molecular weight is 343 g/mol. The number of halogens is 4. The van der Waals surface area contributed by atoms with Gasteiger partial charge in [-0.1, -0.05) is 15.9 Å². The number of Topliss-reactive ketones (excluding diaryl/α,β-unsaturated/α-hetero) is 1. The van der Waals surface area contributed by atoms with Crippen LogP contribution in [0.2, 0.25) is 0 Å². The summed E-state index contributed by atoms with van der Waals surface area (Å²) in [5.41, 5.74) is -3.96. The molecule has 1 atom stereocenters. The molecule has 0 aromatic heterocycles. The number of benzene rings is 1. The average Bonchev–Trinajstić information content (AvgIpc) is 2.25. The van der Waals surface area contributed by atoms with Crippen LogP contribution in [0.15, 0.2) is 23.1 Å². The smallest absolute Gasteiger partial charge is 0.392 e. The van der Waals surface area contributed by atoms with Crippen molar-refractivity contribution >= 4 is 33.5 Å². The van der Waals surface area contributed by atoms with Crippen LogP contribution < -0.4 is 0 Å². The van der Waals surface area contributed by atoms with Gasteiger partial charge in [-0.3, -0.25) is 4.79 Å². The SMILES string of the molecule is CC(Br)C(=O)c1ccc(SC(F)(F)F)cc1CO. The van der Waals surface area contributed by atoms with Crippen molar-refractivity contribution < 1.29 is 23.1 Å². The van der Waals surface area contributed by atoms with E-state index in [1.54, 1.807) is 6.92 Å². The zero-order chi connectivity index (χ0) is 13.9. The van der Waals surface area contributed by atoms with Gasteiger partial charge in [0.05, 0.1) is 11.4 Å². The standard InChI is InChI=1S/C11H10BrF3O2S/c1-6(12)10(17)9-3-2-8(4-7(9)5-16)18-11(13,14)15/h2-4,6,16H,5H2,1H3. The summed E-state index contributed by atoms with van der Waals surface area (Å²) in [6.45, 7) is 1.13. The molecule has 0 aliphatic rings. The summed E-state index contributed by atoms with van der Waals surface area (Å²) in [5.74, 6) is -0.275. The van der Waals surface area contributed by atoms with E-state index in [4.69, 9.17) is 5.11 Å². The topological polar surface area (TPSA) is 37.3 Å². The van der Waals surface area contributed by atoms with E-state index >= 15 is 0 Å². The molecule has 2 nitrogen and oxygen atoms in total. The molecule has 0 aliphatic heterocycles. The second-order valence-electron chi connectivity index (χ2n) is 3.51. The molecule has 0 saturated heterocycles. The van der Waals surface area contributed by atoms with Crippen molar-refractivity contribution in [2.75, 3.05) is 0 Å². The number of hydrogen-bond acceptors (Lipinski definition) is 3. The second kappa shape index (κ2) is 6.08. The summed E-state index contributed by atoms with van der Waals surface area (Å²) in [4.78, 5) is 11.2. The summed E-state index contributed by atoms with van der Waals surface area (Å²) in [6.07, 6.45) is 0. The Morgan fingerprint density at radius 2 is 2.11 bits per heavy atom. The zero-order valence-corrected chi connectivity index (χ0v) is 11.7. The quantitative estimate of drug-likeness (QED) is 0.514. The first-order chi connectivity index (χ1) is 8.24. The van der Waals surface area contributed by atoms with Gasteiger partial charge >= 0.3 is 5.51 Å². The Hall–Kier alpha value is -0.530. The van der Waals surface area contributed by atoms with E-state index in [0.29, 0.717) is 0 Å². The maximum atomic E-state index is 12.2. The molecule has 0 spiro atoms. The first-order valence-electron chi connectivity index (χ1n) is 4.92. The van der Waals surface area contributed by atoms with Gasteiger partial charge in [0.2, 0.25) is 0 Å². The molecule has 0 radical (unpaired) electrons. The number of rotatable bonds is 4. The Kier molecular flexibility index (Phi) is 5.24. The van der Waals surface area contributed by atoms with Gasteiger partial charge in [0.25, 0.3) is 0 Å². The highest BCUT2D eigenvalue weighted by molar-refractivity contribution is 9.10. The van der Waals surface area contributed by atoms with Crippen LogP contribution in [-0.2, 0) is 6.61 Å². The fourth-order valence-corrected chi connectivity index (χ4v) is 2.20. The predicted molar refractivity (Wildman–Crippen MR) is 67.0 cm³/mol. The van der Waals surface area contributed by atoms with Crippen LogP contribution in [0, 0.1) is 0 Å². The lowest BCUT2D eigenvalue weighted by atomic mass is 10.0. The van der Waals surface area contributed by atoms with Gasteiger partial charge in [0, 0.05) is 10.5 Å². The van der Waals surface area contributed by atoms with E-state index in [-0.39, 0.29) is 33.6 Å². The number of carbonyl (C=O) groups excluding carboxylic acids is 1. The summed E-state index contributed by atoms with van der Waals surface area (Å²) in [7, 11) is 0. The van der Waals surface area contributed by atoms with Gasteiger partial charge < -0.3 is 5.11 Å². The molecule has 1 aromatic carbocycles. The molecule has 0 bridgehead atoms. The zero-order valence-electron chi connectivity index (χ0n) is 9.29.